The van der Waals surface area contributed by atoms with E-state index in [0.717, 1.165) is 19.3 Å². The Morgan fingerprint density at radius 1 is 0.714 bits per heavy atom. The summed E-state index contributed by atoms with van der Waals surface area (Å²) in [7, 11) is 0. The SMILES string of the molecule is CCCCCCCCCCCCCCCCCCC(O)C(O)CNC(CCCN=C(N)N)C(=O)O. The van der Waals surface area contributed by atoms with Crippen LogP contribution in [0.4, 0.5) is 0 Å². The van der Waals surface area contributed by atoms with Gasteiger partial charge >= 0.3 is 5.97 Å². The molecule has 3 atom stereocenters. The van der Waals surface area contributed by atoms with Gasteiger partial charge in [-0.05, 0) is 19.3 Å². The number of hydrogen-bond donors (Lipinski definition) is 6. The van der Waals surface area contributed by atoms with E-state index in [-0.39, 0.29) is 12.5 Å². The van der Waals surface area contributed by atoms with Crippen LogP contribution in [0.25, 0.3) is 0 Å². The third-order valence-corrected chi connectivity index (χ3v) is 6.61. The monoisotopic (exact) mass is 500 g/mol. The lowest BCUT2D eigenvalue weighted by Gasteiger charge is -2.21. The van der Waals surface area contributed by atoms with Crippen molar-refractivity contribution >= 4 is 11.9 Å². The molecule has 3 unspecified atom stereocenters. The number of nitrogens with one attached hydrogen (secondary N) is 1. The van der Waals surface area contributed by atoms with Crippen LogP contribution in [0.5, 0.6) is 0 Å². The molecule has 0 aliphatic rings. The van der Waals surface area contributed by atoms with Gasteiger partial charge in [-0.15, -0.1) is 0 Å². The number of aliphatic hydroxyl groups is 2. The Morgan fingerprint density at radius 2 is 1.17 bits per heavy atom. The summed E-state index contributed by atoms with van der Waals surface area (Å²) in [5.74, 6) is -1.01. The van der Waals surface area contributed by atoms with Gasteiger partial charge < -0.3 is 32.1 Å². The Labute approximate surface area is 214 Å². The van der Waals surface area contributed by atoms with E-state index < -0.39 is 24.2 Å². The molecular formula is C27H56N4O4. The summed E-state index contributed by atoms with van der Waals surface area (Å²) in [6, 6.07) is -0.804. The van der Waals surface area contributed by atoms with Gasteiger partial charge in [-0.25, -0.2) is 0 Å². The molecular weight excluding hydrogens is 444 g/mol. The highest BCUT2D eigenvalue weighted by molar-refractivity contribution is 5.75. The molecule has 0 radical (unpaired) electrons. The molecule has 0 heterocycles. The lowest BCUT2D eigenvalue weighted by atomic mass is 10.0. The fraction of sp³-hybridized carbons (Fsp3) is 0.926. The zero-order valence-electron chi connectivity index (χ0n) is 22.4. The second-order valence-electron chi connectivity index (χ2n) is 9.97. The number of nitrogens with two attached hydrogens (primary N) is 2. The standard InChI is InChI=1S/C27H56N4O4/c1-2-3-4-5-6-7-8-9-10-11-12-13-14-15-16-17-20-24(32)25(33)22-31-23(26(34)35)19-18-21-30-27(28)29/h23-25,31-33H,2-22H2,1H3,(H,34,35)(H4,28,29,30). The molecule has 0 aromatic carbocycles. The molecule has 0 fully saturated rings. The molecule has 8 heteroatoms. The average molecular weight is 501 g/mol. The number of carboxylic acid groups (broad SMARTS) is 1. The van der Waals surface area contributed by atoms with Crippen LogP contribution in [0.2, 0.25) is 0 Å². The maximum Gasteiger partial charge on any atom is 0.320 e. The van der Waals surface area contributed by atoms with Crippen molar-refractivity contribution in [2.45, 2.75) is 147 Å². The molecule has 0 aromatic heterocycles. The van der Waals surface area contributed by atoms with Crippen molar-refractivity contribution in [1.29, 1.82) is 0 Å². The van der Waals surface area contributed by atoms with Gasteiger partial charge in [0.1, 0.15) is 6.04 Å². The number of aliphatic carboxylic acids is 1. The van der Waals surface area contributed by atoms with Crippen LogP contribution in [0.15, 0.2) is 4.99 Å². The first-order valence-corrected chi connectivity index (χ1v) is 14.3. The summed E-state index contributed by atoms with van der Waals surface area (Å²) in [5.41, 5.74) is 10.5. The van der Waals surface area contributed by atoms with E-state index in [2.05, 4.69) is 17.2 Å². The number of hydrogen-bond acceptors (Lipinski definition) is 5. The molecule has 0 saturated carbocycles. The van der Waals surface area contributed by atoms with Crippen LogP contribution in [0, 0.1) is 0 Å². The van der Waals surface area contributed by atoms with Crippen LogP contribution in [-0.4, -0.2) is 58.6 Å². The number of aliphatic hydroxyl groups excluding tert-OH is 2. The van der Waals surface area contributed by atoms with Gasteiger partial charge in [0, 0.05) is 13.1 Å². The van der Waals surface area contributed by atoms with E-state index in [0.29, 0.717) is 25.8 Å². The van der Waals surface area contributed by atoms with E-state index in [9.17, 15) is 20.1 Å². The largest absolute Gasteiger partial charge is 0.480 e. The van der Waals surface area contributed by atoms with Crippen molar-refractivity contribution in [3.63, 3.8) is 0 Å². The Balaban J connectivity index is 3.61. The molecule has 0 amide bonds. The average Bonchev–Trinajstić information content (AvgIpc) is 2.82. The highest BCUT2D eigenvalue weighted by atomic mass is 16.4. The van der Waals surface area contributed by atoms with Gasteiger partial charge in [-0.1, -0.05) is 110 Å². The smallest absolute Gasteiger partial charge is 0.320 e. The van der Waals surface area contributed by atoms with Crippen molar-refractivity contribution in [3.8, 4) is 0 Å². The summed E-state index contributed by atoms with van der Waals surface area (Å²) in [6.07, 6.45) is 20.3. The summed E-state index contributed by atoms with van der Waals surface area (Å²) < 4.78 is 0. The normalized spacial score (nSPS) is 13.9. The predicted molar refractivity (Wildman–Crippen MR) is 146 cm³/mol. The number of carboxylic acids is 1. The van der Waals surface area contributed by atoms with Gasteiger partial charge in [0.25, 0.3) is 0 Å². The summed E-state index contributed by atoms with van der Waals surface area (Å²) in [6.45, 7) is 2.66. The highest BCUT2D eigenvalue weighted by Crippen LogP contribution is 2.15. The molecule has 8 nitrogen and oxygen atoms in total. The second-order valence-corrected chi connectivity index (χ2v) is 9.97. The summed E-state index contributed by atoms with van der Waals surface area (Å²) in [4.78, 5) is 15.2. The van der Waals surface area contributed by atoms with Crippen molar-refractivity contribution in [2.75, 3.05) is 13.1 Å². The summed E-state index contributed by atoms with van der Waals surface area (Å²) >= 11 is 0. The number of guanidine groups is 1. The molecule has 0 aliphatic heterocycles. The Bertz CT molecular complexity index is 515. The molecule has 0 rings (SSSR count). The van der Waals surface area contributed by atoms with E-state index >= 15 is 0 Å². The number of unbranched alkanes of at least 4 members (excludes halogenated alkanes) is 15. The maximum atomic E-state index is 11.4. The first-order valence-electron chi connectivity index (χ1n) is 14.3. The summed E-state index contributed by atoms with van der Waals surface area (Å²) in [5, 5.41) is 32.5. The first-order chi connectivity index (χ1) is 16.9. The highest BCUT2D eigenvalue weighted by Gasteiger charge is 2.21. The fourth-order valence-electron chi connectivity index (χ4n) is 4.31. The lowest BCUT2D eigenvalue weighted by Crippen LogP contribution is -2.44. The zero-order valence-corrected chi connectivity index (χ0v) is 22.4. The topological polar surface area (TPSA) is 154 Å². The van der Waals surface area contributed by atoms with E-state index in [1.807, 2.05) is 0 Å². The van der Waals surface area contributed by atoms with Gasteiger partial charge in [0.05, 0.1) is 12.2 Å². The quantitative estimate of drug-likeness (QED) is 0.0582. The van der Waals surface area contributed by atoms with Crippen LogP contribution < -0.4 is 16.8 Å². The minimum atomic E-state index is -0.991. The number of nitrogens with zero attached hydrogens (tertiary/aromatic N) is 1. The maximum absolute atomic E-state index is 11.4. The van der Waals surface area contributed by atoms with Crippen LogP contribution in [-0.2, 0) is 4.79 Å². The van der Waals surface area contributed by atoms with Gasteiger partial charge in [-0.3, -0.25) is 9.79 Å². The van der Waals surface area contributed by atoms with Crippen molar-refractivity contribution in [2.24, 2.45) is 16.5 Å². The Kier molecular flexibility index (Phi) is 23.4. The first kappa shape index (κ1) is 33.6. The van der Waals surface area contributed by atoms with Crippen LogP contribution in [0.1, 0.15) is 129 Å². The molecule has 208 valence electrons. The lowest BCUT2D eigenvalue weighted by molar-refractivity contribution is -0.139. The number of aliphatic imine (C=N–C) groups is 1. The van der Waals surface area contributed by atoms with Crippen molar-refractivity contribution in [1.82, 2.24) is 5.32 Å². The van der Waals surface area contributed by atoms with Crippen LogP contribution >= 0.6 is 0 Å². The van der Waals surface area contributed by atoms with Crippen molar-refractivity contribution < 1.29 is 20.1 Å². The van der Waals surface area contributed by atoms with Gasteiger partial charge in [-0.2, -0.15) is 0 Å². The molecule has 0 saturated heterocycles. The molecule has 0 spiro atoms. The van der Waals surface area contributed by atoms with Gasteiger partial charge in [0.2, 0.25) is 0 Å². The Morgan fingerprint density at radius 3 is 1.60 bits per heavy atom. The minimum Gasteiger partial charge on any atom is -0.480 e. The number of carbonyl (C=O) groups is 1. The molecule has 0 aromatic rings. The molecule has 35 heavy (non-hydrogen) atoms. The van der Waals surface area contributed by atoms with Crippen molar-refractivity contribution in [3.05, 3.63) is 0 Å². The van der Waals surface area contributed by atoms with E-state index in [1.165, 1.54) is 83.5 Å². The minimum absolute atomic E-state index is 0.0162. The number of rotatable bonds is 26. The van der Waals surface area contributed by atoms with Crippen LogP contribution in [0.3, 0.4) is 0 Å². The Hall–Kier alpha value is -1.38. The fourth-order valence-corrected chi connectivity index (χ4v) is 4.31. The van der Waals surface area contributed by atoms with E-state index in [1.54, 1.807) is 0 Å². The zero-order chi connectivity index (χ0) is 26.2. The molecule has 0 aliphatic carbocycles. The third kappa shape index (κ3) is 22.8. The van der Waals surface area contributed by atoms with E-state index in [4.69, 9.17) is 11.5 Å². The molecule has 0 bridgehead atoms. The predicted octanol–water partition coefficient (Wildman–Crippen LogP) is 4.46. The second kappa shape index (κ2) is 24.3. The third-order valence-electron chi connectivity index (χ3n) is 6.61. The molecule has 8 N–H and O–H groups in total. The van der Waals surface area contributed by atoms with Gasteiger partial charge in [0.15, 0.2) is 5.96 Å².